The second kappa shape index (κ2) is 8.49. The average molecular weight is 428 g/mol. The number of nitrogen functional groups attached to an aromatic ring is 1. The minimum absolute atomic E-state index is 0.131. The lowest BCUT2D eigenvalue weighted by Gasteiger charge is -2.39. The van der Waals surface area contributed by atoms with Gasteiger partial charge in [-0.1, -0.05) is 23.7 Å². The number of rotatable bonds is 5. The molecular weight excluding hydrogens is 406 g/mol. The standard InChI is InChI=1S/C21H22ClN5OS/c1-14-10-26(8-2-3-16-5-7-19(22)29-16)12-20(28)27(14)11-15-4-6-17-18(9-15)24-13-25-21(17)23/h2-7,9,13-14H,8,10-12H2,1H3,(H2,23,24,25)/b3-2+. The number of hydrogen-bond acceptors (Lipinski definition) is 6. The van der Waals surface area contributed by atoms with E-state index in [2.05, 4.69) is 33.9 Å². The van der Waals surface area contributed by atoms with E-state index >= 15 is 0 Å². The fourth-order valence-corrected chi connectivity index (χ4v) is 4.59. The number of aromatic nitrogens is 2. The topological polar surface area (TPSA) is 75.4 Å². The molecule has 0 aliphatic carbocycles. The Labute approximate surface area is 178 Å². The Morgan fingerprint density at radius 3 is 2.93 bits per heavy atom. The van der Waals surface area contributed by atoms with Gasteiger partial charge in [-0.3, -0.25) is 9.69 Å². The van der Waals surface area contributed by atoms with Crippen molar-refractivity contribution in [2.45, 2.75) is 19.5 Å². The number of halogens is 1. The highest BCUT2D eigenvalue weighted by atomic mass is 35.5. The fraction of sp³-hybridized carbons (Fsp3) is 0.286. The molecule has 0 bridgehead atoms. The molecule has 2 N–H and O–H groups in total. The smallest absolute Gasteiger partial charge is 0.237 e. The second-order valence-corrected chi connectivity index (χ2v) is 8.97. The first-order chi connectivity index (χ1) is 14.0. The predicted molar refractivity (Wildman–Crippen MR) is 119 cm³/mol. The molecule has 4 rings (SSSR count). The van der Waals surface area contributed by atoms with Gasteiger partial charge in [0.2, 0.25) is 5.91 Å². The van der Waals surface area contributed by atoms with Gasteiger partial charge in [0.25, 0.3) is 0 Å². The summed E-state index contributed by atoms with van der Waals surface area (Å²) in [7, 11) is 0. The van der Waals surface area contributed by atoms with Gasteiger partial charge in [0.1, 0.15) is 12.1 Å². The summed E-state index contributed by atoms with van der Waals surface area (Å²) in [6, 6.07) is 9.91. The maximum Gasteiger partial charge on any atom is 0.237 e. The molecule has 150 valence electrons. The fourth-order valence-electron chi connectivity index (χ4n) is 3.60. The van der Waals surface area contributed by atoms with Crippen LogP contribution < -0.4 is 5.73 Å². The van der Waals surface area contributed by atoms with Crippen LogP contribution in [0.3, 0.4) is 0 Å². The summed E-state index contributed by atoms with van der Waals surface area (Å²) in [5.74, 6) is 0.607. The Kier molecular flexibility index (Phi) is 5.80. The summed E-state index contributed by atoms with van der Waals surface area (Å²) < 4.78 is 0.782. The van der Waals surface area contributed by atoms with Crippen LogP contribution in [0, 0.1) is 0 Å². The third kappa shape index (κ3) is 4.58. The number of piperazine rings is 1. The minimum atomic E-state index is 0.131. The normalized spacial score (nSPS) is 18.2. The van der Waals surface area contributed by atoms with Crippen molar-refractivity contribution in [3.63, 3.8) is 0 Å². The summed E-state index contributed by atoms with van der Waals surface area (Å²) in [4.78, 5) is 26.3. The Morgan fingerprint density at radius 2 is 2.17 bits per heavy atom. The SMILES string of the molecule is CC1CN(C/C=C/c2ccc(Cl)s2)CC(=O)N1Cc1ccc2c(N)ncnc2c1. The molecule has 1 amide bonds. The number of nitrogens with zero attached hydrogens (tertiary/aromatic N) is 4. The van der Waals surface area contributed by atoms with Crippen molar-refractivity contribution in [3.8, 4) is 0 Å². The third-order valence-electron chi connectivity index (χ3n) is 5.06. The quantitative estimate of drug-likeness (QED) is 0.672. The highest BCUT2D eigenvalue weighted by molar-refractivity contribution is 7.16. The lowest BCUT2D eigenvalue weighted by atomic mass is 10.1. The molecule has 1 aliphatic rings. The van der Waals surface area contributed by atoms with Crippen LogP contribution >= 0.6 is 22.9 Å². The number of thiophene rings is 1. The molecule has 6 nitrogen and oxygen atoms in total. The highest BCUT2D eigenvalue weighted by Crippen LogP contribution is 2.23. The summed E-state index contributed by atoms with van der Waals surface area (Å²) in [5.41, 5.74) is 7.73. The van der Waals surface area contributed by atoms with E-state index in [9.17, 15) is 4.79 Å². The molecule has 1 atom stereocenters. The molecule has 1 aliphatic heterocycles. The molecule has 0 saturated carbocycles. The van der Waals surface area contributed by atoms with E-state index in [0.29, 0.717) is 18.9 Å². The van der Waals surface area contributed by atoms with Crippen LogP contribution in [-0.4, -0.2) is 51.4 Å². The zero-order chi connectivity index (χ0) is 20.4. The van der Waals surface area contributed by atoms with Gasteiger partial charge < -0.3 is 10.6 Å². The number of anilines is 1. The molecule has 8 heteroatoms. The number of carbonyl (C=O) groups is 1. The number of hydrogen-bond donors (Lipinski definition) is 1. The number of amides is 1. The monoisotopic (exact) mass is 427 g/mol. The van der Waals surface area contributed by atoms with E-state index < -0.39 is 0 Å². The van der Waals surface area contributed by atoms with Crippen LogP contribution in [0.5, 0.6) is 0 Å². The largest absolute Gasteiger partial charge is 0.383 e. The minimum Gasteiger partial charge on any atom is -0.383 e. The van der Waals surface area contributed by atoms with Gasteiger partial charge >= 0.3 is 0 Å². The van der Waals surface area contributed by atoms with E-state index in [1.54, 1.807) is 11.3 Å². The molecule has 3 aromatic rings. The second-order valence-electron chi connectivity index (χ2n) is 7.22. The first-order valence-corrected chi connectivity index (χ1v) is 10.6. The zero-order valence-corrected chi connectivity index (χ0v) is 17.7. The molecule has 1 fully saturated rings. The van der Waals surface area contributed by atoms with E-state index in [1.807, 2.05) is 35.2 Å². The number of carbonyl (C=O) groups excluding carboxylic acids is 1. The van der Waals surface area contributed by atoms with Crippen LogP contribution in [0.4, 0.5) is 5.82 Å². The maximum absolute atomic E-state index is 12.8. The van der Waals surface area contributed by atoms with Crippen LogP contribution in [0.15, 0.2) is 42.7 Å². The molecule has 1 saturated heterocycles. The molecule has 3 heterocycles. The van der Waals surface area contributed by atoms with Gasteiger partial charge in [0, 0.05) is 35.9 Å². The summed E-state index contributed by atoms with van der Waals surface area (Å²) in [5, 5.41) is 0.833. The number of benzene rings is 1. The van der Waals surface area contributed by atoms with Crippen molar-refractivity contribution in [3.05, 3.63) is 57.5 Å². The Bertz CT molecular complexity index is 1070. The molecule has 29 heavy (non-hydrogen) atoms. The summed E-state index contributed by atoms with van der Waals surface area (Å²) in [6.45, 7) is 4.66. The van der Waals surface area contributed by atoms with Crippen LogP contribution in [0.25, 0.3) is 17.0 Å². The number of nitrogens with two attached hydrogens (primary N) is 1. The molecule has 2 aromatic heterocycles. The maximum atomic E-state index is 12.8. The summed E-state index contributed by atoms with van der Waals surface area (Å²) >= 11 is 7.51. The first kappa shape index (κ1) is 19.8. The zero-order valence-electron chi connectivity index (χ0n) is 16.1. The van der Waals surface area contributed by atoms with Gasteiger partial charge in [-0.2, -0.15) is 0 Å². The molecular formula is C21H22ClN5OS. The Balaban J connectivity index is 1.39. The lowest BCUT2D eigenvalue weighted by molar-refractivity contribution is -0.139. The van der Waals surface area contributed by atoms with Crippen molar-refractivity contribution in [2.75, 3.05) is 25.4 Å². The number of fused-ring (bicyclic) bond motifs is 1. The van der Waals surface area contributed by atoms with Gasteiger partial charge in [-0.15, -0.1) is 11.3 Å². The Morgan fingerprint density at radius 1 is 1.31 bits per heavy atom. The highest BCUT2D eigenvalue weighted by Gasteiger charge is 2.29. The van der Waals surface area contributed by atoms with Crippen molar-refractivity contribution in [1.82, 2.24) is 19.8 Å². The van der Waals surface area contributed by atoms with Crippen molar-refractivity contribution in [2.24, 2.45) is 0 Å². The average Bonchev–Trinajstić information content (AvgIpc) is 3.10. The molecule has 0 spiro atoms. The first-order valence-electron chi connectivity index (χ1n) is 9.42. The van der Waals surface area contributed by atoms with Gasteiger partial charge in [-0.25, -0.2) is 9.97 Å². The van der Waals surface area contributed by atoms with Crippen molar-refractivity contribution >= 4 is 51.6 Å². The predicted octanol–water partition coefficient (Wildman–Crippen LogP) is 3.67. The molecule has 1 aromatic carbocycles. The molecule has 0 radical (unpaired) electrons. The van der Waals surface area contributed by atoms with Crippen molar-refractivity contribution < 1.29 is 4.79 Å². The van der Waals surface area contributed by atoms with E-state index in [4.69, 9.17) is 17.3 Å². The van der Waals surface area contributed by atoms with E-state index in [-0.39, 0.29) is 11.9 Å². The molecule has 1 unspecified atom stereocenters. The summed E-state index contributed by atoms with van der Waals surface area (Å²) in [6.07, 6.45) is 5.61. The van der Waals surface area contributed by atoms with Gasteiger partial charge in [0.05, 0.1) is 16.4 Å². The van der Waals surface area contributed by atoms with Crippen LogP contribution in [0.1, 0.15) is 17.4 Å². The van der Waals surface area contributed by atoms with E-state index in [1.165, 1.54) is 6.33 Å². The van der Waals surface area contributed by atoms with Crippen molar-refractivity contribution in [1.29, 1.82) is 0 Å². The third-order valence-corrected chi connectivity index (χ3v) is 6.25. The van der Waals surface area contributed by atoms with Gasteiger partial charge in [-0.05, 0) is 42.8 Å². The Hall–Kier alpha value is -2.48. The lowest BCUT2D eigenvalue weighted by Crippen LogP contribution is -2.54. The van der Waals surface area contributed by atoms with Crippen LogP contribution in [0.2, 0.25) is 4.34 Å². The van der Waals surface area contributed by atoms with Crippen LogP contribution in [-0.2, 0) is 11.3 Å². The van der Waals surface area contributed by atoms with E-state index in [0.717, 1.165) is 38.8 Å². The van der Waals surface area contributed by atoms with Gasteiger partial charge in [0.15, 0.2) is 0 Å².